The molecule has 4 aromatic rings. The number of thiazole rings is 1. The Kier molecular flexibility index (Phi) is 6.72. The summed E-state index contributed by atoms with van der Waals surface area (Å²) in [5, 5.41) is 6.84. The summed E-state index contributed by atoms with van der Waals surface area (Å²) < 4.78 is 0. The average molecular weight is 441 g/mol. The fourth-order valence-corrected chi connectivity index (χ4v) is 4.22. The molecule has 32 heavy (non-hydrogen) atoms. The summed E-state index contributed by atoms with van der Waals surface area (Å²) in [6.45, 7) is 4.00. The van der Waals surface area contributed by atoms with Crippen LogP contribution in [0.5, 0.6) is 0 Å². The van der Waals surface area contributed by atoms with E-state index < -0.39 is 6.17 Å². The lowest BCUT2D eigenvalue weighted by Crippen LogP contribution is -2.32. The first-order valence-corrected chi connectivity index (χ1v) is 11.4. The molecule has 5 nitrogen and oxygen atoms in total. The number of hydrogen-bond donors (Lipinski definition) is 2. The van der Waals surface area contributed by atoms with Gasteiger partial charge >= 0.3 is 0 Å². The van der Waals surface area contributed by atoms with Gasteiger partial charge in [-0.15, -0.1) is 0 Å². The van der Waals surface area contributed by atoms with Gasteiger partial charge < -0.3 is 10.6 Å². The molecule has 2 N–H and O–H groups in total. The Labute approximate surface area is 191 Å². The molecule has 0 fully saturated rings. The Morgan fingerprint density at radius 1 is 0.844 bits per heavy atom. The number of benzene rings is 3. The summed E-state index contributed by atoms with van der Waals surface area (Å²) in [6.07, 6.45) is 1.02. The maximum Gasteiger partial charge on any atom is 0.269 e. The van der Waals surface area contributed by atoms with Gasteiger partial charge in [0.1, 0.15) is 0 Å². The number of hydrogen-bond acceptors (Lipinski definition) is 5. The van der Waals surface area contributed by atoms with Crippen molar-refractivity contribution in [3.63, 3.8) is 0 Å². The fourth-order valence-electron chi connectivity index (χ4n) is 3.37. The van der Waals surface area contributed by atoms with Crippen molar-refractivity contribution in [3.05, 3.63) is 102 Å². The SMILES string of the molecule is CC.O=C1Nc2ccccc2C(c2ccccc2)=NC1Nc1ncc(-c2ccccc2)s1. The lowest BCUT2D eigenvalue weighted by Gasteiger charge is -2.12. The molecular formula is C26H24N4OS. The molecule has 160 valence electrons. The molecule has 0 aliphatic carbocycles. The van der Waals surface area contributed by atoms with E-state index in [1.165, 1.54) is 11.3 Å². The summed E-state index contributed by atoms with van der Waals surface area (Å²) >= 11 is 1.50. The Hall–Kier alpha value is -3.77. The van der Waals surface area contributed by atoms with Gasteiger partial charge in [0, 0.05) is 17.3 Å². The van der Waals surface area contributed by atoms with E-state index in [4.69, 9.17) is 4.99 Å². The number of carbonyl (C=O) groups excluding carboxylic acids is 1. The predicted molar refractivity (Wildman–Crippen MR) is 133 cm³/mol. The lowest BCUT2D eigenvalue weighted by atomic mass is 10.0. The Balaban J connectivity index is 0.00000119. The zero-order valence-corrected chi connectivity index (χ0v) is 18.8. The van der Waals surface area contributed by atoms with Gasteiger partial charge in [-0.3, -0.25) is 4.79 Å². The first kappa shape index (κ1) is 21.5. The number of aliphatic imine (C=N–C) groups is 1. The van der Waals surface area contributed by atoms with E-state index in [9.17, 15) is 4.79 Å². The van der Waals surface area contributed by atoms with Crippen LogP contribution in [0.1, 0.15) is 25.0 Å². The predicted octanol–water partition coefficient (Wildman–Crippen LogP) is 6.06. The molecule has 1 aromatic heterocycles. The van der Waals surface area contributed by atoms with E-state index in [2.05, 4.69) is 15.6 Å². The second-order valence-electron chi connectivity index (χ2n) is 6.82. The van der Waals surface area contributed by atoms with Gasteiger partial charge in [-0.2, -0.15) is 0 Å². The topological polar surface area (TPSA) is 66.4 Å². The highest BCUT2D eigenvalue weighted by Crippen LogP contribution is 2.30. The standard InChI is InChI=1S/C24H18N4OS.C2H6/c29-23-22(28-24-25-15-20(30-24)16-9-3-1-4-10-16)27-21(17-11-5-2-6-12-17)18-13-7-8-14-19(18)26-23;1-2/h1-15,22H,(H,25,28)(H,26,29);1-2H3. The van der Waals surface area contributed by atoms with Crippen LogP contribution in [0.3, 0.4) is 0 Å². The number of carbonyl (C=O) groups is 1. The lowest BCUT2D eigenvalue weighted by molar-refractivity contribution is -0.116. The minimum atomic E-state index is -0.789. The molecule has 0 saturated heterocycles. The zero-order chi connectivity index (χ0) is 22.3. The monoisotopic (exact) mass is 440 g/mol. The molecule has 0 bridgehead atoms. The number of rotatable bonds is 4. The number of benzodiazepines with no additional fused rings is 1. The molecule has 1 aliphatic rings. The van der Waals surface area contributed by atoms with Crippen LogP contribution >= 0.6 is 11.3 Å². The summed E-state index contributed by atoms with van der Waals surface area (Å²) in [5.74, 6) is -0.218. The minimum absolute atomic E-state index is 0.218. The van der Waals surface area contributed by atoms with E-state index in [1.54, 1.807) is 0 Å². The van der Waals surface area contributed by atoms with E-state index in [1.807, 2.05) is 105 Å². The quantitative estimate of drug-likeness (QED) is 0.405. The number of nitrogens with zero attached hydrogens (tertiary/aromatic N) is 2. The number of amides is 1. The van der Waals surface area contributed by atoms with Crippen LogP contribution in [0.2, 0.25) is 0 Å². The Morgan fingerprint density at radius 3 is 2.19 bits per heavy atom. The van der Waals surface area contributed by atoms with Crippen molar-refractivity contribution in [3.8, 4) is 10.4 Å². The average Bonchev–Trinajstić information content (AvgIpc) is 3.28. The van der Waals surface area contributed by atoms with Gasteiger partial charge in [-0.1, -0.05) is 104 Å². The van der Waals surface area contributed by atoms with Crippen LogP contribution in [-0.4, -0.2) is 22.8 Å². The summed E-state index contributed by atoms with van der Waals surface area (Å²) in [5.41, 5.74) is 4.46. The van der Waals surface area contributed by atoms with Crippen molar-refractivity contribution in [1.82, 2.24) is 4.98 Å². The van der Waals surface area contributed by atoms with E-state index in [0.29, 0.717) is 5.13 Å². The zero-order valence-electron chi connectivity index (χ0n) is 17.9. The molecule has 2 heterocycles. The second kappa shape index (κ2) is 10.0. The highest BCUT2D eigenvalue weighted by molar-refractivity contribution is 7.18. The number of aromatic nitrogens is 1. The summed E-state index contributed by atoms with van der Waals surface area (Å²) in [6, 6.07) is 27.7. The molecule has 3 aromatic carbocycles. The van der Waals surface area contributed by atoms with Gasteiger partial charge in [0.05, 0.1) is 16.3 Å². The molecular weight excluding hydrogens is 416 g/mol. The Morgan fingerprint density at radius 2 is 1.47 bits per heavy atom. The highest BCUT2D eigenvalue weighted by Gasteiger charge is 2.26. The van der Waals surface area contributed by atoms with Gasteiger partial charge in [-0.25, -0.2) is 9.98 Å². The van der Waals surface area contributed by atoms with Crippen molar-refractivity contribution in [2.24, 2.45) is 4.99 Å². The number of anilines is 2. The van der Waals surface area contributed by atoms with E-state index in [0.717, 1.165) is 33.0 Å². The maximum atomic E-state index is 12.9. The Bertz CT molecular complexity index is 1220. The first-order chi connectivity index (χ1) is 15.8. The van der Waals surface area contributed by atoms with Crippen molar-refractivity contribution in [1.29, 1.82) is 0 Å². The van der Waals surface area contributed by atoms with Crippen molar-refractivity contribution in [2.45, 2.75) is 20.0 Å². The molecule has 1 atom stereocenters. The molecule has 6 heteroatoms. The van der Waals surface area contributed by atoms with Crippen LogP contribution in [-0.2, 0) is 4.79 Å². The fraction of sp³-hybridized carbons (Fsp3) is 0.115. The van der Waals surface area contributed by atoms with Crippen LogP contribution in [0, 0.1) is 0 Å². The molecule has 1 aliphatic heterocycles. The van der Waals surface area contributed by atoms with Gasteiger partial charge in [0.15, 0.2) is 5.13 Å². The third kappa shape index (κ3) is 4.60. The maximum absolute atomic E-state index is 12.9. The van der Waals surface area contributed by atoms with E-state index >= 15 is 0 Å². The number of fused-ring (bicyclic) bond motifs is 1. The van der Waals surface area contributed by atoms with Crippen LogP contribution in [0.4, 0.5) is 10.8 Å². The molecule has 0 radical (unpaired) electrons. The molecule has 5 rings (SSSR count). The van der Waals surface area contributed by atoms with E-state index in [-0.39, 0.29) is 5.91 Å². The smallest absolute Gasteiger partial charge is 0.269 e. The summed E-state index contributed by atoms with van der Waals surface area (Å²) in [7, 11) is 0. The molecule has 1 amide bonds. The molecule has 1 unspecified atom stereocenters. The van der Waals surface area contributed by atoms with Crippen molar-refractivity contribution >= 4 is 33.8 Å². The first-order valence-electron chi connectivity index (χ1n) is 10.6. The summed E-state index contributed by atoms with van der Waals surface area (Å²) in [4.78, 5) is 23.2. The largest absolute Gasteiger partial charge is 0.332 e. The molecule has 0 saturated carbocycles. The number of nitrogens with one attached hydrogen (secondary N) is 2. The third-order valence-corrected chi connectivity index (χ3v) is 5.80. The number of para-hydroxylation sites is 1. The van der Waals surface area contributed by atoms with Gasteiger partial charge in [0.25, 0.3) is 5.91 Å². The van der Waals surface area contributed by atoms with Crippen LogP contribution in [0.25, 0.3) is 10.4 Å². The van der Waals surface area contributed by atoms with Gasteiger partial charge in [-0.05, 0) is 11.6 Å². The highest BCUT2D eigenvalue weighted by atomic mass is 32.1. The van der Waals surface area contributed by atoms with Crippen molar-refractivity contribution < 1.29 is 4.79 Å². The minimum Gasteiger partial charge on any atom is -0.332 e. The normalized spacial score (nSPS) is 14.8. The molecule has 0 spiro atoms. The van der Waals surface area contributed by atoms with Crippen LogP contribution < -0.4 is 10.6 Å². The van der Waals surface area contributed by atoms with Crippen LogP contribution in [0.15, 0.2) is 96.1 Å². The van der Waals surface area contributed by atoms with Gasteiger partial charge in [0.2, 0.25) is 6.17 Å². The third-order valence-electron chi connectivity index (χ3n) is 4.82. The second-order valence-corrected chi connectivity index (χ2v) is 7.85. The van der Waals surface area contributed by atoms with Crippen molar-refractivity contribution in [2.75, 3.05) is 10.6 Å².